The zero-order valence-corrected chi connectivity index (χ0v) is 7.31. The van der Waals surface area contributed by atoms with Crippen LogP contribution < -0.4 is 0 Å². The third-order valence-corrected chi connectivity index (χ3v) is 1.72. The molecular weight excluding hydrogens is 140 g/mol. The zero-order valence-electron chi connectivity index (χ0n) is 7.31. The molecule has 0 amide bonds. The first-order chi connectivity index (χ1) is 4.95. The van der Waals surface area contributed by atoms with E-state index in [0.717, 1.165) is 0 Å². The van der Waals surface area contributed by atoms with Crippen molar-refractivity contribution in [2.45, 2.75) is 13.8 Å². The van der Waals surface area contributed by atoms with Crippen LogP contribution in [0.15, 0.2) is 24.8 Å². The number of ether oxygens (including phenoxy) is 1. The van der Waals surface area contributed by atoms with Gasteiger partial charge < -0.3 is 4.74 Å². The van der Waals surface area contributed by atoms with Crippen LogP contribution in [0, 0.1) is 5.41 Å². The summed E-state index contributed by atoms with van der Waals surface area (Å²) in [6.07, 6.45) is 1.67. The van der Waals surface area contributed by atoms with E-state index in [-0.39, 0.29) is 11.4 Å². The van der Waals surface area contributed by atoms with E-state index in [1.54, 1.807) is 6.08 Å². The molecule has 11 heavy (non-hydrogen) atoms. The first-order valence-corrected chi connectivity index (χ1v) is 3.37. The van der Waals surface area contributed by atoms with E-state index in [9.17, 15) is 4.79 Å². The zero-order chi connectivity index (χ0) is 9.07. The maximum Gasteiger partial charge on any atom is 0.333 e. The van der Waals surface area contributed by atoms with Gasteiger partial charge in [0.25, 0.3) is 0 Å². The van der Waals surface area contributed by atoms with Crippen molar-refractivity contribution in [2.24, 2.45) is 5.41 Å². The van der Waals surface area contributed by atoms with Gasteiger partial charge in [0.2, 0.25) is 0 Å². The molecule has 0 bridgehead atoms. The molecule has 0 aliphatic heterocycles. The predicted octanol–water partition coefficient (Wildman–Crippen LogP) is 1.93. The van der Waals surface area contributed by atoms with Crippen molar-refractivity contribution in [3.8, 4) is 0 Å². The number of hydrogen-bond acceptors (Lipinski definition) is 2. The molecule has 0 spiro atoms. The van der Waals surface area contributed by atoms with Gasteiger partial charge in [0.15, 0.2) is 0 Å². The number of methoxy groups -OCH3 is 1. The summed E-state index contributed by atoms with van der Waals surface area (Å²) in [5.74, 6) is -0.380. The Labute approximate surface area is 67.6 Å². The molecular formula is C9H14O2. The number of esters is 1. The minimum Gasteiger partial charge on any atom is -0.466 e. The van der Waals surface area contributed by atoms with Gasteiger partial charge in [-0.2, -0.15) is 0 Å². The highest BCUT2D eigenvalue weighted by molar-refractivity contribution is 5.89. The maximum absolute atomic E-state index is 10.9. The van der Waals surface area contributed by atoms with E-state index in [1.165, 1.54) is 7.11 Å². The smallest absolute Gasteiger partial charge is 0.333 e. The first kappa shape index (κ1) is 9.95. The molecule has 0 atom stereocenters. The SMILES string of the molecule is C=CC(C)(C)C(=C)C(=O)OC. The van der Waals surface area contributed by atoms with Crippen LogP contribution in [0.25, 0.3) is 0 Å². The highest BCUT2D eigenvalue weighted by Gasteiger charge is 2.23. The lowest BCUT2D eigenvalue weighted by Crippen LogP contribution is -2.18. The van der Waals surface area contributed by atoms with E-state index in [1.807, 2.05) is 13.8 Å². The van der Waals surface area contributed by atoms with Crippen LogP contribution in [0.4, 0.5) is 0 Å². The topological polar surface area (TPSA) is 26.3 Å². The highest BCUT2D eigenvalue weighted by Crippen LogP contribution is 2.26. The van der Waals surface area contributed by atoms with Gasteiger partial charge >= 0.3 is 5.97 Å². The Kier molecular flexibility index (Phi) is 3.05. The van der Waals surface area contributed by atoms with Crippen LogP contribution in [-0.2, 0) is 9.53 Å². The summed E-state index contributed by atoms with van der Waals surface area (Å²) in [4.78, 5) is 10.9. The predicted molar refractivity (Wildman–Crippen MR) is 45.1 cm³/mol. The van der Waals surface area contributed by atoms with E-state index in [2.05, 4.69) is 17.9 Å². The number of allylic oxidation sites excluding steroid dienone is 1. The molecule has 0 unspecified atom stereocenters. The second-order valence-corrected chi connectivity index (χ2v) is 2.90. The summed E-state index contributed by atoms with van der Waals surface area (Å²) in [7, 11) is 1.34. The normalized spacial score (nSPS) is 10.5. The van der Waals surface area contributed by atoms with Gasteiger partial charge in [0, 0.05) is 11.0 Å². The molecule has 2 nitrogen and oxygen atoms in total. The van der Waals surface area contributed by atoms with Crippen molar-refractivity contribution < 1.29 is 9.53 Å². The van der Waals surface area contributed by atoms with E-state index >= 15 is 0 Å². The van der Waals surface area contributed by atoms with E-state index in [0.29, 0.717) is 5.57 Å². The monoisotopic (exact) mass is 154 g/mol. The van der Waals surface area contributed by atoms with Gasteiger partial charge in [-0.15, -0.1) is 6.58 Å². The van der Waals surface area contributed by atoms with Crippen LogP contribution >= 0.6 is 0 Å². The first-order valence-electron chi connectivity index (χ1n) is 3.37. The Hall–Kier alpha value is -1.05. The van der Waals surface area contributed by atoms with Crippen molar-refractivity contribution in [1.82, 2.24) is 0 Å². The number of carbonyl (C=O) groups is 1. The fourth-order valence-electron chi connectivity index (χ4n) is 0.509. The summed E-state index contributed by atoms with van der Waals surface area (Å²) in [5.41, 5.74) is 0.0441. The maximum atomic E-state index is 10.9. The van der Waals surface area contributed by atoms with Crippen LogP contribution in [-0.4, -0.2) is 13.1 Å². The Morgan fingerprint density at radius 2 is 2.00 bits per heavy atom. The molecule has 0 rings (SSSR count). The largest absolute Gasteiger partial charge is 0.466 e. The van der Waals surface area contributed by atoms with Crippen LogP contribution in [0.2, 0.25) is 0 Å². The van der Waals surface area contributed by atoms with Crippen LogP contribution in [0.5, 0.6) is 0 Å². The van der Waals surface area contributed by atoms with Crippen molar-refractivity contribution in [3.63, 3.8) is 0 Å². The van der Waals surface area contributed by atoms with Gasteiger partial charge in [-0.3, -0.25) is 0 Å². The third kappa shape index (κ3) is 2.22. The standard InChI is InChI=1S/C9H14O2/c1-6-9(3,4)7(2)8(10)11-5/h6H,1-2H2,3-5H3. The van der Waals surface area contributed by atoms with Crippen LogP contribution in [0.3, 0.4) is 0 Å². The average molecular weight is 154 g/mol. The summed E-state index contributed by atoms with van der Waals surface area (Å²) >= 11 is 0. The fourth-order valence-corrected chi connectivity index (χ4v) is 0.509. The van der Waals surface area contributed by atoms with Gasteiger partial charge in [-0.05, 0) is 0 Å². The number of hydrogen-bond donors (Lipinski definition) is 0. The van der Waals surface area contributed by atoms with E-state index < -0.39 is 0 Å². The molecule has 0 N–H and O–H groups in total. The molecule has 0 heterocycles. The van der Waals surface area contributed by atoms with Gasteiger partial charge in [0.1, 0.15) is 0 Å². The van der Waals surface area contributed by atoms with Crippen molar-refractivity contribution in [1.29, 1.82) is 0 Å². The number of rotatable bonds is 3. The average Bonchev–Trinajstić information content (AvgIpc) is 2.01. The Bertz CT molecular complexity index is 190. The Morgan fingerprint density at radius 1 is 1.55 bits per heavy atom. The lowest BCUT2D eigenvalue weighted by atomic mass is 9.85. The van der Waals surface area contributed by atoms with Gasteiger partial charge in [-0.1, -0.05) is 26.5 Å². The fraction of sp³-hybridized carbons (Fsp3) is 0.444. The van der Waals surface area contributed by atoms with Crippen molar-refractivity contribution in [2.75, 3.05) is 7.11 Å². The lowest BCUT2D eigenvalue weighted by Gasteiger charge is -2.20. The second-order valence-electron chi connectivity index (χ2n) is 2.90. The summed E-state index contributed by atoms with van der Waals surface area (Å²) in [5, 5.41) is 0. The van der Waals surface area contributed by atoms with Gasteiger partial charge in [0.05, 0.1) is 7.11 Å². The Morgan fingerprint density at radius 3 is 2.27 bits per heavy atom. The molecule has 0 saturated carbocycles. The Balaban J connectivity index is 4.48. The molecule has 2 heteroatoms. The summed E-state index contributed by atoms with van der Waals surface area (Å²) in [6, 6.07) is 0. The second kappa shape index (κ2) is 3.37. The molecule has 0 fully saturated rings. The lowest BCUT2D eigenvalue weighted by molar-refractivity contribution is -0.136. The molecule has 0 aliphatic carbocycles. The van der Waals surface area contributed by atoms with E-state index in [4.69, 9.17) is 0 Å². The quantitative estimate of drug-likeness (QED) is 0.352. The summed E-state index contributed by atoms with van der Waals surface area (Å²) in [6.45, 7) is 10.9. The molecule has 0 aromatic carbocycles. The van der Waals surface area contributed by atoms with Crippen molar-refractivity contribution in [3.05, 3.63) is 24.8 Å². The molecule has 62 valence electrons. The minimum absolute atomic E-state index is 0.380. The number of carbonyl (C=O) groups excluding carboxylic acids is 1. The minimum atomic E-state index is -0.382. The molecule has 0 radical (unpaired) electrons. The molecule has 0 aliphatic rings. The highest BCUT2D eigenvalue weighted by atomic mass is 16.5. The molecule has 0 saturated heterocycles. The molecule has 0 aromatic rings. The summed E-state index contributed by atoms with van der Waals surface area (Å²) < 4.78 is 4.51. The van der Waals surface area contributed by atoms with Crippen LogP contribution in [0.1, 0.15) is 13.8 Å². The molecule has 0 aromatic heterocycles. The van der Waals surface area contributed by atoms with Gasteiger partial charge in [-0.25, -0.2) is 4.79 Å². The third-order valence-electron chi connectivity index (χ3n) is 1.72. The van der Waals surface area contributed by atoms with Crippen molar-refractivity contribution >= 4 is 5.97 Å².